The second-order valence-electron chi connectivity index (χ2n) is 11.8. The predicted molar refractivity (Wildman–Crippen MR) is 165 cm³/mol. The molecule has 3 aromatic carbocycles. The van der Waals surface area contributed by atoms with Gasteiger partial charge < -0.3 is 15.7 Å². The quantitative estimate of drug-likeness (QED) is 0.240. The van der Waals surface area contributed by atoms with Crippen molar-refractivity contribution in [3.05, 3.63) is 88.5 Å². The number of amides is 1. The number of halogens is 3. The minimum atomic E-state index is -4.62. The summed E-state index contributed by atoms with van der Waals surface area (Å²) < 4.78 is 70.6. The van der Waals surface area contributed by atoms with Crippen molar-refractivity contribution in [2.45, 2.75) is 75.5 Å². The number of aryl methyl sites for hydroxylation is 2. The number of piperidine rings is 1. The molecule has 2 atom stereocenters. The zero-order valence-corrected chi connectivity index (χ0v) is 25.8. The zero-order valence-electron chi connectivity index (χ0n) is 25.0. The molecule has 1 amide bonds. The van der Waals surface area contributed by atoms with Crippen molar-refractivity contribution in [2.24, 2.45) is 5.92 Å². The van der Waals surface area contributed by atoms with Crippen LogP contribution in [0.1, 0.15) is 77.2 Å². The van der Waals surface area contributed by atoms with Crippen molar-refractivity contribution in [3.63, 3.8) is 0 Å². The summed E-state index contributed by atoms with van der Waals surface area (Å²) in [6.07, 6.45) is 0.320. The first-order valence-electron chi connectivity index (χ1n) is 15.0. The Balaban J connectivity index is 1.55. The maximum absolute atomic E-state index is 14.3. The molecule has 12 heteroatoms. The third-order valence-corrected chi connectivity index (χ3v) is 10.8. The van der Waals surface area contributed by atoms with Gasteiger partial charge in [0.05, 0.1) is 28.0 Å². The molecule has 240 valence electrons. The third-order valence-electron chi connectivity index (χ3n) is 8.72. The van der Waals surface area contributed by atoms with E-state index in [1.807, 2.05) is 12.1 Å². The Morgan fingerprint density at radius 1 is 0.889 bits per heavy atom. The van der Waals surface area contributed by atoms with Crippen LogP contribution in [0.5, 0.6) is 0 Å². The number of aromatic carboxylic acids is 1. The van der Waals surface area contributed by atoms with Crippen LogP contribution in [0.25, 0.3) is 0 Å². The summed E-state index contributed by atoms with van der Waals surface area (Å²) in [5.41, 5.74) is 0.304. The average molecular weight is 644 g/mol. The highest BCUT2D eigenvalue weighted by atomic mass is 32.2. The summed E-state index contributed by atoms with van der Waals surface area (Å²) in [6.45, 7) is 2.87. The normalized spacial score (nSPS) is 19.8. The average Bonchev–Trinajstić information content (AvgIpc) is 3.50. The number of carboxylic acid groups (broad SMARTS) is 1. The number of nitrogens with one attached hydrogen (secondary N) is 2. The number of carbonyl (C=O) groups is 2. The van der Waals surface area contributed by atoms with Crippen LogP contribution in [0.3, 0.4) is 0 Å². The molecule has 5 rings (SSSR count). The van der Waals surface area contributed by atoms with Crippen LogP contribution in [0.2, 0.25) is 0 Å². The van der Waals surface area contributed by atoms with Gasteiger partial charge >= 0.3 is 12.1 Å². The molecule has 0 bridgehead atoms. The van der Waals surface area contributed by atoms with E-state index in [-0.39, 0.29) is 46.7 Å². The van der Waals surface area contributed by atoms with Crippen LogP contribution in [0.15, 0.2) is 65.6 Å². The van der Waals surface area contributed by atoms with Gasteiger partial charge in [0, 0.05) is 24.0 Å². The first-order valence-corrected chi connectivity index (χ1v) is 16.4. The smallest absolute Gasteiger partial charge is 0.416 e. The molecular formula is C33H36F3N3O5S. The van der Waals surface area contributed by atoms with Gasteiger partial charge in [-0.15, -0.1) is 0 Å². The fourth-order valence-corrected chi connectivity index (χ4v) is 8.59. The molecule has 1 aliphatic heterocycles. The zero-order chi connectivity index (χ0) is 32.5. The lowest BCUT2D eigenvalue weighted by molar-refractivity contribution is -0.138. The molecule has 3 aromatic rings. The molecule has 3 N–H and O–H groups in total. The van der Waals surface area contributed by atoms with E-state index in [0.29, 0.717) is 11.6 Å². The molecule has 0 unspecified atom stereocenters. The van der Waals surface area contributed by atoms with Gasteiger partial charge in [0.2, 0.25) is 15.9 Å². The van der Waals surface area contributed by atoms with E-state index in [9.17, 15) is 36.3 Å². The summed E-state index contributed by atoms with van der Waals surface area (Å²) in [7, 11) is -4.46. The first-order chi connectivity index (χ1) is 21.3. The number of sulfonamides is 1. The number of anilines is 2. The number of hydrogen-bond acceptors (Lipinski definition) is 5. The van der Waals surface area contributed by atoms with Crippen LogP contribution < -0.4 is 10.6 Å². The Bertz CT molecular complexity index is 1690. The van der Waals surface area contributed by atoms with Crippen LogP contribution in [-0.4, -0.2) is 42.3 Å². The molecule has 0 spiro atoms. The monoisotopic (exact) mass is 643 g/mol. The van der Waals surface area contributed by atoms with Crippen molar-refractivity contribution >= 4 is 33.3 Å². The lowest BCUT2D eigenvalue weighted by Crippen LogP contribution is -2.46. The highest BCUT2D eigenvalue weighted by Crippen LogP contribution is 2.42. The van der Waals surface area contributed by atoms with Crippen molar-refractivity contribution in [1.29, 1.82) is 0 Å². The number of carboxylic acids is 1. The Labute approximate surface area is 260 Å². The molecule has 1 saturated carbocycles. The van der Waals surface area contributed by atoms with Crippen LogP contribution in [0.4, 0.5) is 24.5 Å². The van der Waals surface area contributed by atoms with E-state index in [1.54, 1.807) is 12.1 Å². The lowest BCUT2D eigenvalue weighted by Gasteiger charge is -2.40. The number of rotatable bonds is 8. The van der Waals surface area contributed by atoms with E-state index in [1.165, 1.54) is 48.5 Å². The van der Waals surface area contributed by atoms with Gasteiger partial charge in [-0.1, -0.05) is 43.2 Å². The summed E-state index contributed by atoms with van der Waals surface area (Å²) in [5.74, 6) is -3.01. The SMILES string of the molecule is Cc1ccc(NC(=O)[C@H]2CCCN(S(=O)(=O)c3c(C)cccc3C(=O)O)[C@H]2c2ccc(NC3CCCC3)cc2)cc1C(F)(F)F. The van der Waals surface area contributed by atoms with Crippen LogP contribution in [0, 0.1) is 19.8 Å². The fourth-order valence-electron chi connectivity index (χ4n) is 6.51. The number of carbonyl (C=O) groups excluding carboxylic acids is 1. The van der Waals surface area contributed by atoms with Crippen LogP contribution in [-0.2, 0) is 21.0 Å². The van der Waals surface area contributed by atoms with Gasteiger partial charge in [-0.25, -0.2) is 13.2 Å². The number of benzene rings is 3. The fraction of sp³-hybridized carbons (Fsp3) is 0.394. The van der Waals surface area contributed by atoms with Gasteiger partial charge in [0.15, 0.2) is 0 Å². The van der Waals surface area contributed by atoms with Crippen LogP contribution >= 0.6 is 0 Å². The van der Waals surface area contributed by atoms with Crippen molar-refractivity contribution < 1.29 is 36.3 Å². The van der Waals surface area contributed by atoms with Gasteiger partial charge in [-0.2, -0.15) is 17.5 Å². The van der Waals surface area contributed by atoms with E-state index < -0.39 is 45.6 Å². The molecule has 1 heterocycles. The Morgan fingerprint density at radius 2 is 1.56 bits per heavy atom. The molecular weight excluding hydrogens is 607 g/mol. The Kier molecular flexibility index (Phi) is 9.27. The van der Waals surface area contributed by atoms with E-state index in [2.05, 4.69) is 10.6 Å². The van der Waals surface area contributed by atoms with Gasteiger partial charge in [-0.05, 0) is 86.6 Å². The summed E-state index contributed by atoms with van der Waals surface area (Å²) in [4.78, 5) is 25.6. The molecule has 1 saturated heterocycles. The van der Waals surface area contributed by atoms with E-state index >= 15 is 0 Å². The highest BCUT2D eigenvalue weighted by molar-refractivity contribution is 7.89. The summed E-state index contributed by atoms with van der Waals surface area (Å²) in [6, 6.07) is 14.2. The number of hydrogen-bond donors (Lipinski definition) is 3. The van der Waals surface area contributed by atoms with Gasteiger partial charge in [0.1, 0.15) is 0 Å². The molecule has 1 aliphatic carbocycles. The van der Waals surface area contributed by atoms with E-state index in [4.69, 9.17) is 0 Å². The minimum Gasteiger partial charge on any atom is -0.478 e. The first kappa shape index (κ1) is 32.5. The lowest BCUT2D eigenvalue weighted by atomic mass is 9.85. The second kappa shape index (κ2) is 12.8. The second-order valence-corrected chi connectivity index (χ2v) is 13.7. The van der Waals surface area contributed by atoms with Gasteiger partial charge in [-0.3, -0.25) is 4.79 Å². The summed E-state index contributed by atoms with van der Waals surface area (Å²) in [5, 5.41) is 15.9. The molecule has 2 aliphatic rings. The van der Waals surface area contributed by atoms with Crippen molar-refractivity contribution in [3.8, 4) is 0 Å². The standard InChI is InChI=1S/C33H36F3N3O5S/c1-20-12-15-25(19-28(20)33(34,35)36)38-31(40)26-11-6-18-39(45(43,44)30-21(2)7-5-10-27(30)32(41)42)29(26)22-13-16-24(17-14-22)37-23-8-3-4-9-23/h5,7,10,12-17,19,23,26,29,37H,3-4,6,8-9,11,18H2,1-2H3,(H,38,40)(H,41,42)/t26-,29-/m0/s1. The van der Waals surface area contributed by atoms with Crippen molar-refractivity contribution in [2.75, 3.05) is 17.2 Å². The molecule has 0 radical (unpaired) electrons. The topological polar surface area (TPSA) is 116 Å². The maximum atomic E-state index is 14.3. The molecule has 2 fully saturated rings. The van der Waals surface area contributed by atoms with Gasteiger partial charge in [0.25, 0.3) is 0 Å². The minimum absolute atomic E-state index is 0.00655. The number of nitrogens with zero attached hydrogens (tertiary/aromatic N) is 1. The Hall–Kier alpha value is -3.90. The predicted octanol–water partition coefficient (Wildman–Crippen LogP) is 7.16. The Morgan fingerprint density at radius 3 is 2.20 bits per heavy atom. The largest absolute Gasteiger partial charge is 0.478 e. The molecule has 45 heavy (non-hydrogen) atoms. The van der Waals surface area contributed by atoms with E-state index in [0.717, 1.165) is 37.4 Å². The maximum Gasteiger partial charge on any atom is 0.416 e. The third kappa shape index (κ3) is 6.86. The molecule has 8 nitrogen and oxygen atoms in total. The number of alkyl halides is 3. The highest BCUT2D eigenvalue weighted by Gasteiger charge is 2.44. The summed E-state index contributed by atoms with van der Waals surface area (Å²) >= 11 is 0. The van der Waals surface area contributed by atoms with Crippen molar-refractivity contribution in [1.82, 2.24) is 4.31 Å². The molecule has 0 aromatic heterocycles.